The van der Waals surface area contributed by atoms with Crippen molar-refractivity contribution < 1.29 is 19.1 Å². The second kappa shape index (κ2) is 10.3. The monoisotopic (exact) mass is 307 g/mol. The largest absolute Gasteiger partial charge is 0.493 e. The van der Waals surface area contributed by atoms with Crippen molar-refractivity contribution in [2.24, 2.45) is 5.10 Å². The highest BCUT2D eigenvalue weighted by atomic mass is 16.5. The molecule has 0 aliphatic heterocycles. The van der Waals surface area contributed by atoms with Gasteiger partial charge in [-0.1, -0.05) is 19.1 Å². The summed E-state index contributed by atoms with van der Waals surface area (Å²) in [4.78, 5) is 22.9. The minimum absolute atomic E-state index is 0.264. The highest BCUT2D eigenvalue weighted by Gasteiger charge is 2.11. The van der Waals surface area contributed by atoms with Crippen molar-refractivity contribution in [1.82, 2.24) is 10.7 Å². The predicted molar refractivity (Wildman–Crippen MR) is 82.9 cm³/mol. The van der Waals surface area contributed by atoms with E-state index in [2.05, 4.69) is 15.8 Å². The van der Waals surface area contributed by atoms with Crippen LogP contribution in [0.3, 0.4) is 0 Å². The number of hydrazone groups is 1. The van der Waals surface area contributed by atoms with Gasteiger partial charge >= 0.3 is 11.8 Å². The number of para-hydroxylation sites is 1. The van der Waals surface area contributed by atoms with E-state index in [-0.39, 0.29) is 6.54 Å². The van der Waals surface area contributed by atoms with E-state index in [0.717, 1.165) is 12.0 Å². The molecule has 0 fully saturated rings. The van der Waals surface area contributed by atoms with Gasteiger partial charge in [-0.3, -0.25) is 9.59 Å². The molecule has 0 atom stereocenters. The summed E-state index contributed by atoms with van der Waals surface area (Å²) >= 11 is 0. The highest BCUT2D eigenvalue weighted by Crippen LogP contribution is 2.15. The molecule has 0 aliphatic rings. The van der Waals surface area contributed by atoms with Crippen LogP contribution in [0.2, 0.25) is 0 Å². The van der Waals surface area contributed by atoms with E-state index in [4.69, 9.17) is 9.47 Å². The predicted octanol–water partition coefficient (Wildman–Crippen LogP) is 0.688. The lowest BCUT2D eigenvalue weighted by atomic mass is 10.2. The minimum Gasteiger partial charge on any atom is -0.493 e. The molecule has 2 amide bonds. The van der Waals surface area contributed by atoms with Gasteiger partial charge in [0.1, 0.15) is 5.75 Å². The summed E-state index contributed by atoms with van der Waals surface area (Å²) in [7, 11) is 1.51. The Kier molecular flexibility index (Phi) is 8.29. The quantitative estimate of drug-likeness (QED) is 0.320. The third-order valence-corrected chi connectivity index (χ3v) is 2.55. The molecule has 7 heteroatoms. The number of hydrogen-bond acceptors (Lipinski definition) is 5. The molecule has 22 heavy (non-hydrogen) atoms. The smallest absolute Gasteiger partial charge is 0.329 e. The van der Waals surface area contributed by atoms with Crippen molar-refractivity contribution in [3.8, 4) is 5.75 Å². The lowest BCUT2D eigenvalue weighted by Crippen LogP contribution is -2.39. The fraction of sp³-hybridized carbons (Fsp3) is 0.400. The maximum Gasteiger partial charge on any atom is 0.329 e. The molecular formula is C15H21N3O4. The number of carbonyl (C=O) groups is 2. The Balaban J connectivity index is 2.51. The number of hydrogen-bond donors (Lipinski definition) is 2. The van der Waals surface area contributed by atoms with E-state index >= 15 is 0 Å². The zero-order valence-electron chi connectivity index (χ0n) is 12.8. The number of nitrogens with one attached hydrogen (secondary N) is 2. The van der Waals surface area contributed by atoms with Crippen molar-refractivity contribution in [1.29, 1.82) is 0 Å². The van der Waals surface area contributed by atoms with Crippen molar-refractivity contribution in [3.05, 3.63) is 29.8 Å². The minimum atomic E-state index is -0.834. The van der Waals surface area contributed by atoms with E-state index in [1.54, 1.807) is 6.07 Å². The number of benzene rings is 1. The molecular weight excluding hydrogens is 286 g/mol. The summed E-state index contributed by atoms with van der Waals surface area (Å²) in [6, 6.07) is 7.30. The number of carbonyl (C=O) groups excluding carboxylic acids is 2. The van der Waals surface area contributed by atoms with Crippen LogP contribution in [0, 0.1) is 0 Å². The molecule has 7 nitrogen and oxygen atoms in total. The Labute approximate surface area is 129 Å². The van der Waals surface area contributed by atoms with E-state index in [1.165, 1.54) is 13.3 Å². The molecule has 0 spiro atoms. The van der Waals surface area contributed by atoms with Crippen LogP contribution in [-0.2, 0) is 14.3 Å². The van der Waals surface area contributed by atoms with E-state index in [9.17, 15) is 9.59 Å². The average molecular weight is 307 g/mol. The fourth-order valence-electron chi connectivity index (χ4n) is 1.49. The van der Waals surface area contributed by atoms with Crippen LogP contribution in [0.15, 0.2) is 29.4 Å². The third-order valence-electron chi connectivity index (χ3n) is 2.55. The van der Waals surface area contributed by atoms with Crippen LogP contribution in [0.1, 0.15) is 18.9 Å². The number of nitrogens with zero attached hydrogens (tertiary/aromatic N) is 1. The molecule has 0 saturated carbocycles. The first kappa shape index (κ1) is 17.6. The van der Waals surface area contributed by atoms with Gasteiger partial charge in [0.05, 0.1) is 19.4 Å². The van der Waals surface area contributed by atoms with Crippen LogP contribution in [0.25, 0.3) is 0 Å². The van der Waals surface area contributed by atoms with Gasteiger partial charge in [-0.15, -0.1) is 0 Å². The van der Waals surface area contributed by atoms with Crippen LogP contribution in [-0.4, -0.2) is 44.9 Å². The second-order valence-electron chi connectivity index (χ2n) is 4.33. The Hall–Kier alpha value is -2.41. The van der Waals surface area contributed by atoms with E-state index in [0.29, 0.717) is 19.0 Å². The van der Waals surface area contributed by atoms with Crippen molar-refractivity contribution >= 4 is 18.0 Å². The Morgan fingerprint density at radius 2 is 2.00 bits per heavy atom. The maximum atomic E-state index is 11.5. The van der Waals surface area contributed by atoms with Gasteiger partial charge in [0, 0.05) is 19.2 Å². The standard InChI is InChI=1S/C15H21N3O4/c1-3-9-22-13-7-5-4-6-12(13)11-17-18-15(20)14(19)16-8-10-21-2/h4-7,11H,3,8-10H2,1-2H3,(H,16,19)(H,18,20)/b17-11-. The first-order chi connectivity index (χ1) is 10.7. The second-order valence-corrected chi connectivity index (χ2v) is 4.33. The molecule has 2 N–H and O–H groups in total. The lowest BCUT2D eigenvalue weighted by Gasteiger charge is -2.07. The highest BCUT2D eigenvalue weighted by molar-refractivity contribution is 6.35. The van der Waals surface area contributed by atoms with Gasteiger partial charge in [0.2, 0.25) is 0 Å². The Morgan fingerprint density at radius 3 is 2.73 bits per heavy atom. The summed E-state index contributed by atoms with van der Waals surface area (Å²) < 4.78 is 10.3. The average Bonchev–Trinajstić information content (AvgIpc) is 2.54. The van der Waals surface area contributed by atoms with Crippen molar-refractivity contribution in [2.45, 2.75) is 13.3 Å². The number of ether oxygens (including phenoxy) is 2. The lowest BCUT2D eigenvalue weighted by molar-refractivity contribution is -0.139. The molecule has 120 valence electrons. The Morgan fingerprint density at radius 1 is 1.23 bits per heavy atom. The van der Waals surface area contributed by atoms with Crippen molar-refractivity contribution in [2.75, 3.05) is 26.9 Å². The van der Waals surface area contributed by atoms with Crippen molar-refractivity contribution in [3.63, 3.8) is 0 Å². The van der Waals surface area contributed by atoms with Crippen LogP contribution < -0.4 is 15.5 Å². The zero-order valence-corrected chi connectivity index (χ0v) is 12.8. The third kappa shape index (κ3) is 6.36. The maximum absolute atomic E-state index is 11.5. The summed E-state index contributed by atoms with van der Waals surface area (Å²) in [6.07, 6.45) is 2.33. The van der Waals surface area contributed by atoms with Crippen LogP contribution in [0.4, 0.5) is 0 Å². The summed E-state index contributed by atoms with van der Waals surface area (Å²) in [5, 5.41) is 6.16. The molecule has 0 saturated heterocycles. The number of rotatable bonds is 8. The summed E-state index contributed by atoms with van der Waals surface area (Å²) in [5.74, 6) is -0.920. The molecule has 0 aliphatic carbocycles. The molecule has 0 heterocycles. The summed E-state index contributed by atoms with van der Waals surface area (Å²) in [5.41, 5.74) is 2.88. The van der Waals surface area contributed by atoms with Crippen LogP contribution >= 0.6 is 0 Å². The molecule has 1 rings (SSSR count). The summed E-state index contributed by atoms with van der Waals surface area (Å²) in [6.45, 7) is 3.21. The fourth-order valence-corrected chi connectivity index (χ4v) is 1.49. The topological polar surface area (TPSA) is 89.0 Å². The van der Waals surface area contributed by atoms with E-state index < -0.39 is 11.8 Å². The molecule has 1 aromatic carbocycles. The first-order valence-corrected chi connectivity index (χ1v) is 7.01. The molecule has 0 radical (unpaired) electrons. The number of methoxy groups -OCH3 is 1. The molecule has 0 bridgehead atoms. The van der Waals surface area contributed by atoms with Gasteiger partial charge in [0.15, 0.2) is 0 Å². The van der Waals surface area contributed by atoms with Crippen LogP contribution in [0.5, 0.6) is 5.75 Å². The van der Waals surface area contributed by atoms with Gasteiger partial charge in [0.25, 0.3) is 0 Å². The molecule has 1 aromatic rings. The first-order valence-electron chi connectivity index (χ1n) is 7.01. The van der Waals surface area contributed by atoms with E-state index in [1.807, 2.05) is 25.1 Å². The van der Waals surface area contributed by atoms with Gasteiger partial charge in [-0.2, -0.15) is 5.10 Å². The molecule has 0 aromatic heterocycles. The Bertz CT molecular complexity index is 517. The zero-order chi connectivity index (χ0) is 16.2. The molecule has 0 unspecified atom stereocenters. The van der Waals surface area contributed by atoms with Gasteiger partial charge in [-0.05, 0) is 18.6 Å². The SMILES string of the molecule is CCCOc1ccccc1/C=N\NC(=O)C(=O)NCCOC. The van der Waals surface area contributed by atoms with Gasteiger partial charge in [-0.25, -0.2) is 5.43 Å². The number of amides is 2. The normalized spacial score (nSPS) is 10.5. The van der Waals surface area contributed by atoms with Gasteiger partial charge < -0.3 is 14.8 Å².